The van der Waals surface area contributed by atoms with Crippen molar-refractivity contribution in [1.82, 2.24) is 10.3 Å². The molecule has 1 unspecified atom stereocenters. The highest BCUT2D eigenvalue weighted by molar-refractivity contribution is 14.1. The summed E-state index contributed by atoms with van der Waals surface area (Å²) >= 11 is 2.28. The second-order valence-corrected chi connectivity index (χ2v) is 4.57. The van der Waals surface area contributed by atoms with Crippen molar-refractivity contribution < 1.29 is 4.79 Å². The van der Waals surface area contributed by atoms with E-state index in [1.54, 1.807) is 18.3 Å². The van der Waals surface area contributed by atoms with Crippen LogP contribution in [0, 0.1) is 5.92 Å². The van der Waals surface area contributed by atoms with Gasteiger partial charge in [0.15, 0.2) is 0 Å². The van der Waals surface area contributed by atoms with E-state index in [0.717, 1.165) is 4.43 Å². The first-order valence-electron chi connectivity index (χ1n) is 4.93. The van der Waals surface area contributed by atoms with Gasteiger partial charge in [-0.25, -0.2) is 0 Å². The molecule has 0 aliphatic heterocycles. The molecule has 0 radical (unpaired) electrons. The van der Waals surface area contributed by atoms with Gasteiger partial charge in [0.1, 0.15) is 5.69 Å². The smallest absolute Gasteiger partial charge is 0.270 e. The van der Waals surface area contributed by atoms with Gasteiger partial charge in [-0.3, -0.25) is 9.78 Å². The van der Waals surface area contributed by atoms with Crippen molar-refractivity contribution in [2.75, 3.05) is 4.43 Å². The third-order valence-corrected chi connectivity index (χ3v) is 3.13. The van der Waals surface area contributed by atoms with Crippen LogP contribution in [0.25, 0.3) is 0 Å². The molecule has 0 saturated heterocycles. The maximum Gasteiger partial charge on any atom is 0.270 e. The van der Waals surface area contributed by atoms with Crippen LogP contribution >= 0.6 is 22.6 Å². The van der Waals surface area contributed by atoms with Gasteiger partial charge in [0.25, 0.3) is 5.91 Å². The van der Waals surface area contributed by atoms with Crippen LogP contribution in [-0.2, 0) is 0 Å². The molecule has 0 saturated carbocycles. The summed E-state index contributed by atoms with van der Waals surface area (Å²) in [5.74, 6) is 0.348. The van der Waals surface area contributed by atoms with Crippen molar-refractivity contribution in [3.8, 4) is 0 Å². The van der Waals surface area contributed by atoms with E-state index in [2.05, 4.69) is 46.7 Å². The zero-order chi connectivity index (χ0) is 11.3. The van der Waals surface area contributed by atoms with Crippen LogP contribution in [0.1, 0.15) is 24.3 Å². The lowest BCUT2D eigenvalue weighted by Crippen LogP contribution is -2.40. The number of hydrogen-bond acceptors (Lipinski definition) is 2. The Hall–Kier alpha value is -0.650. The van der Waals surface area contributed by atoms with Crippen molar-refractivity contribution in [3.05, 3.63) is 30.1 Å². The Kier molecular flexibility index (Phi) is 5.01. The van der Waals surface area contributed by atoms with Crippen LogP contribution in [-0.4, -0.2) is 21.4 Å². The summed E-state index contributed by atoms with van der Waals surface area (Å²) < 4.78 is 0.911. The highest BCUT2D eigenvalue weighted by atomic mass is 127. The van der Waals surface area contributed by atoms with E-state index in [0.29, 0.717) is 11.6 Å². The highest BCUT2D eigenvalue weighted by Crippen LogP contribution is 2.06. The molecular weight excluding hydrogens is 303 g/mol. The highest BCUT2D eigenvalue weighted by Gasteiger charge is 2.15. The standard InChI is InChI=1S/C11H15IN2O/c1-8(2)10(7-12)14-11(15)9-5-3-4-6-13-9/h3-6,8,10H,7H2,1-2H3,(H,14,15). The fourth-order valence-electron chi connectivity index (χ4n) is 1.12. The third-order valence-electron chi connectivity index (χ3n) is 2.18. The van der Waals surface area contributed by atoms with Gasteiger partial charge in [-0.15, -0.1) is 0 Å². The summed E-state index contributed by atoms with van der Waals surface area (Å²) in [5, 5.41) is 2.97. The average molecular weight is 318 g/mol. The molecule has 1 aromatic rings. The van der Waals surface area contributed by atoms with Crippen LogP contribution in [0.5, 0.6) is 0 Å². The maximum absolute atomic E-state index is 11.7. The molecule has 1 amide bonds. The van der Waals surface area contributed by atoms with Crippen molar-refractivity contribution in [2.45, 2.75) is 19.9 Å². The van der Waals surface area contributed by atoms with Gasteiger partial charge < -0.3 is 5.32 Å². The SMILES string of the molecule is CC(C)C(CI)NC(=O)c1ccccn1. The Morgan fingerprint density at radius 1 is 1.53 bits per heavy atom. The molecule has 0 aromatic carbocycles. The molecule has 1 atom stereocenters. The molecule has 1 N–H and O–H groups in total. The number of aromatic nitrogens is 1. The second-order valence-electron chi connectivity index (χ2n) is 3.69. The molecule has 0 aliphatic rings. The Balaban J connectivity index is 2.63. The normalized spacial score (nSPS) is 12.5. The summed E-state index contributed by atoms with van der Waals surface area (Å²) in [5.41, 5.74) is 0.480. The zero-order valence-electron chi connectivity index (χ0n) is 8.90. The Morgan fingerprint density at radius 3 is 2.73 bits per heavy atom. The van der Waals surface area contributed by atoms with Gasteiger partial charge in [0, 0.05) is 16.7 Å². The van der Waals surface area contributed by atoms with Crippen molar-refractivity contribution in [3.63, 3.8) is 0 Å². The molecule has 0 fully saturated rings. The summed E-state index contributed by atoms with van der Waals surface area (Å²) in [6.45, 7) is 4.20. The summed E-state index contributed by atoms with van der Waals surface area (Å²) in [6.07, 6.45) is 1.63. The van der Waals surface area contributed by atoms with Crippen LogP contribution in [0.2, 0.25) is 0 Å². The third kappa shape index (κ3) is 3.77. The molecular formula is C11H15IN2O. The Bertz CT molecular complexity index is 314. The number of halogens is 1. The molecule has 0 aliphatic carbocycles. The van der Waals surface area contributed by atoms with E-state index in [4.69, 9.17) is 0 Å². The monoisotopic (exact) mass is 318 g/mol. The zero-order valence-corrected chi connectivity index (χ0v) is 11.1. The number of carbonyl (C=O) groups is 1. The topological polar surface area (TPSA) is 42.0 Å². The van der Waals surface area contributed by atoms with Gasteiger partial charge in [0.05, 0.1) is 0 Å². The molecule has 3 nitrogen and oxygen atoms in total. The molecule has 82 valence electrons. The van der Waals surface area contributed by atoms with Crippen molar-refractivity contribution >= 4 is 28.5 Å². The number of nitrogens with zero attached hydrogens (tertiary/aromatic N) is 1. The predicted octanol–water partition coefficient (Wildman–Crippen LogP) is 2.27. The van der Waals surface area contributed by atoms with Gasteiger partial charge >= 0.3 is 0 Å². The van der Waals surface area contributed by atoms with E-state index in [9.17, 15) is 4.79 Å². The van der Waals surface area contributed by atoms with Gasteiger partial charge in [0.2, 0.25) is 0 Å². The molecule has 0 bridgehead atoms. The van der Waals surface area contributed by atoms with E-state index < -0.39 is 0 Å². The quantitative estimate of drug-likeness (QED) is 0.683. The summed E-state index contributed by atoms with van der Waals surface area (Å²) in [7, 11) is 0. The van der Waals surface area contributed by atoms with Crippen molar-refractivity contribution in [1.29, 1.82) is 0 Å². The first-order valence-corrected chi connectivity index (χ1v) is 6.45. The molecule has 4 heteroatoms. The summed E-state index contributed by atoms with van der Waals surface area (Å²) in [4.78, 5) is 15.8. The number of pyridine rings is 1. The lowest BCUT2D eigenvalue weighted by Gasteiger charge is -2.19. The second kappa shape index (κ2) is 6.05. The van der Waals surface area contributed by atoms with E-state index in [-0.39, 0.29) is 11.9 Å². The molecule has 1 rings (SSSR count). The number of hydrogen-bond donors (Lipinski definition) is 1. The minimum Gasteiger partial charge on any atom is -0.347 e. The number of carbonyl (C=O) groups excluding carboxylic acids is 1. The van der Waals surface area contributed by atoms with E-state index in [1.807, 2.05) is 6.07 Å². The molecule has 0 spiro atoms. The molecule has 1 heterocycles. The van der Waals surface area contributed by atoms with Crippen LogP contribution in [0.3, 0.4) is 0 Å². The Labute approximate surface area is 104 Å². The molecule has 15 heavy (non-hydrogen) atoms. The minimum absolute atomic E-state index is 0.0917. The van der Waals surface area contributed by atoms with Crippen LogP contribution in [0.15, 0.2) is 24.4 Å². The van der Waals surface area contributed by atoms with E-state index >= 15 is 0 Å². The maximum atomic E-state index is 11.7. The fraction of sp³-hybridized carbons (Fsp3) is 0.455. The average Bonchev–Trinajstić information content (AvgIpc) is 2.26. The number of amides is 1. The first-order chi connectivity index (χ1) is 7.15. The lowest BCUT2D eigenvalue weighted by molar-refractivity contribution is 0.0927. The Morgan fingerprint density at radius 2 is 2.27 bits per heavy atom. The largest absolute Gasteiger partial charge is 0.347 e. The first kappa shape index (κ1) is 12.4. The number of nitrogens with one attached hydrogen (secondary N) is 1. The number of rotatable bonds is 4. The predicted molar refractivity (Wildman–Crippen MR) is 69.2 cm³/mol. The number of alkyl halides is 1. The van der Waals surface area contributed by atoms with E-state index in [1.165, 1.54) is 0 Å². The summed E-state index contributed by atoms with van der Waals surface area (Å²) in [6, 6.07) is 5.55. The van der Waals surface area contributed by atoms with Gasteiger partial charge in [-0.05, 0) is 18.1 Å². The van der Waals surface area contributed by atoms with Crippen molar-refractivity contribution in [2.24, 2.45) is 5.92 Å². The van der Waals surface area contributed by atoms with Gasteiger partial charge in [-0.2, -0.15) is 0 Å². The van der Waals surface area contributed by atoms with Crippen LogP contribution in [0.4, 0.5) is 0 Å². The fourth-order valence-corrected chi connectivity index (χ4v) is 2.36. The minimum atomic E-state index is -0.0917. The van der Waals surface area contributed by atoms with Gasteiger partial charge in [-0.1, -0.05) is 42.5 Å². The lowest BCUT2D eigenvalue weighted by atomic mass is 10.1. The molecule has 1 aromatic heterocycles. The van der Waals surface area contributed by atoms with Crippen LogP contribution < -0.4 is 5.32 Å².